The lowest BCUT2D eigenvalue weighted by Gasteiger charge is -2.34. The van der Waals surface area contributed by atoms with Gasteiger partial charge in [0.25, 0.3) is 5.91 Å². The van der Waals surface area contributed by atoms with Crippen LogP contribution >= 0.6 is 23.5 Å². The van der Waals surface area contributed by atoms with Crippen molar-refractivity contribution in [3.63, 3.8) is 0 Å². The fraction of sp³-hybridized carbons (Fsp3) is 0.316. The van der Waals surface area contributed by atoms with E-state index >= 15 is 0 Å². The molecule has 1 fully saturated rings. The Morgan fingerprint density at radius 3 is 2.25 bits per heavy atom. The molecule has 1 amide bonds. The van der Waals surface area contributed by atoms with Gasteiger partial charge in [0.05, 0.1) is 0 Å². The van der Waals surface area contributed by atoms with Crippen molar-refractivity contribution >= 4 is 29.4 Å². The first-order valence-electron chi connectivity index (χ1n) is 7.98. The molecule has 1 saturated heterocycles. The van der Waals surface area contributed by atoms with E-state index in [-0.39, 0.29) is 16.2 Å². The number of benzene rings is 2. The smallest absolute Gasteiger partial charge is 0.268 e. The van der Waals surface area contributed by atoms with Crippen molar-refractivity contribution < 1.29 is 4.79 Å². The maximum Gasteiger partial charge on any atom is 0.270 e. The van der Waals surface area contributed by atoms with Gasteiger partial charge in [-0.05, 0) is 36.6 Å². The van der Waals surface area contributed by atoms with E-state index < -0.39 is 0 Å². The first-order valence-corrected chi connectivity index (χ1v) is 10.4. The molecule has 3 rings (SSSR count). The summed E-state index contributed by atoms with van der Waals surface area (Å²) in [4.78, 5) is 13.0. The molecule has 5 heteroatoms. The van der Waals surface area contributed by atoms with Crippen molar-refractivity contribution in [2.24, 2.45) is 0 Å². The molecule has 126 valence electrons. The van der Waals surface area contributed by atoms with E-state index in [9.17, 15) is 4.79 Å². The number of hydrogen-bond donors (Lipinski definition) is 1. The highest BCUT2D eigenvalue weighted by atomic mass is 32.2. The maximum atomic E-state index is 13.0. The lowest BCUT2D eigenvalue weighted by molar-refractivity contribution is 0.0676. The molecule has 1 aliphatic rings. The summed E-state index contributed by atoms with van der Waals surface area (Å²) in [6.07, 6.45) is 5.99. The van der Waals surface area contributed by atoms with Crippen LogP contribution in [0.2, 0.25) is 0 Å². The number of amides is 1. The summed E-state index contributed by atoms with van der Waals surface area (Å²) in [5.41, 5.74) is 5.48. The van der Waals surface area contributed by atoms with Crippen LogP contribution in [0.3, 0.4) is 0 Å². The Kier molecular flexibility index (Phi) is 5.54. The second-order valence-electron chi connectivity index (χ2n) is 5.85. The van der Waals surface area contributed by atoms with E-state index in [2.05, 4.69) is 42.2 Å². The van der Waals surface area contributed by atoms with Crippen molar-refractivity contribution in [1.29, 1.82) is 0 Å². The first-order chi connectivity index (χ1) is 11.7. The van der Waals surface area contributed by atoms with Crippen molar-refractivity contribution in [3.05, 3.63) is 71.8 Å². The highest BCUT2D eigenvalue weighted by Crippen LogP contribution is 2.45. The molecule has 1 aliphatic heterocycles. The van der Waals surface area contributed by atoms with Gasteiger partial charge in [-0.1, -0.05) is 48.5 Å². The molecule has 0 aromatic heterocycles. The molecular formula is C19H22N2OS2. The Hall–Kier alpha value is -1.43. The van der Waals surface area contributed by atoms with E-state index in [0.717, 1.165) is 18.4 Å². The Labute approximate surface area is 152 Å². The second kappa shape index (κ2) is 7.64. The van der Waals surface area contributed by atoms with Crippen molar-refractivity contribution in [2.45, 2.75) is 23.1 Å². The zero-order valence-electron chi connectivity index (χ0n) is 13.9. The third-order valence-corrected chi connectivity index (χ3v) is 7.32. The topological polar surface area (TPSA) is 32.3 Å². The summed E-state index contributed by atoms with van der Waals surface area (Å²) in [6.45, 7) is 0. The fourth-order valence-electron chi connectivity index (χ4n) is 3.10. The number of hydrazine groups is 1. The highest BCUT2D eigenvalue weighted by Gasteiger charge is 2.47. The Balaban J connectivity index is 1.82. The molecule has 1 N–H and O–H groups in total. The second-order valence-corrected chi connectivity index (χ2v) is 8.27. The van der Waals surface area contributed by atoms with Gasteiger partial charge >= 0.3 is 0 Å². The van der Waals surface area contributed by atoms with Gasteiger partial charge in [-0.2, -0.15) is 0 Å². The highest BCUT2D eigenvalue weighted by molar-refractivity contribution is 8.17. The van der Waals surface area contributed by atoms with Crippen LogP contribution in [0, 0.1) is 0 Å². The minimum Gasteiger partial charge on any atom is -0.268 e. The number of carbonyl (C=O) groups is 1. The molecule has 24 heavy (non-hydrogen) atoms. The SMILES string of the molecule is CSC1(SC)C[C@H](Cc2ccccc2)NN1C(=O)c1ccccc1. The van der Waals surface area contributed by atoms with Crippen molar-refractivity contribution in [1.82, 2.24) is 10.4 Å². The van der Waals surface area contributed by atoms with E-state index in [4.69, 9.17) is 0 Å². The summed E-state index contributed by atoms with van der Waals surface area (Å²) < 4.78 is -0.271. The summed E-state index contributed by atoms with van der Waals surface area (Å²) in [6, 6.07) is 20.2. The summed E-state index contributed by atoms with van der Waals surface area (Å²) >= 11 is 3.46. The van der Waals surface area contributed by atoms with Crippen LogP contribution in [0.5, 0.6) is 0 Å². The zero-order chi connectivity index (χ0) is 17.0. The molecular weight excluding hydrogens is 336 g/mol. The van der Waals surface area contributed by atoms with Crippen LogP contribution in [0.25, 0.3) is 0 Å². The number of thioether (sulfide) groups is 2. The minimum absolute atomic E-state index is 0.0369. The molecule has 2 aromatic carbocycles. The van der Waals surface area contributed by atoms with Crippen LogP contribution in [0.4, 0.5) is 0 Å². The van der Waals surface area contributed by atoms with Gasteiger partial charge in [0.1, 0.15) is 0 Å². The summed E-state index contributed by atoms with van der Waals surface area (Å²) in [5.74, 6) is 0.0369. The van der Waals surface area contributed by atoms with Crippen LogP contribution < -0.4 is 5.43 Å². The standard InChI is InChI=1S/C19H22N2OS2/c1-23-19(24-2)14-17(13-15-9-5-3-6-10-15)20-21(19)18(22)16-11-7-4-8-12-16/h3-12,17,20H,13-14H2,1-2H3/t17-/m0/s1. The minimum atomic E-state index is -0.271. The zero-order valence-corrected chi connectivity index (χ0v) is 15.6. The average molecular weight is 359 g/mol. The van der Waals surface area contributed by atoms with Gasteiger partial charge in [-0.25, -0.2) is 10.4 Å². The molecule has 0 bridgehead atoms. The molecule has 0 radical (unpaired) electrons. The Morgan fingerprint density at radius 2 is 1.67 bits per heavy atom. The summed E-state index contributed by atoms with van der Waals surface area (Å²) in [5, 5.41) is 1.84. The van der Waals surface area contributed by atoms with Gasteiger partial charge in [-0.15, -0.1) is 23.5 Å². The normalized spacial score (nSPS) is 19.4. The van der Waals surface area contributed by atoms with Gasteiger partial charge in [0.2, 0.25) is 0 Å². The predicted molar refractivity (Wildman–Crippen MR) is 104 cm³/mol. The molecule has 0 unspecified atom stereocenters. The quantitative estimate of drug-likeness (QED) is 0.818. The van der Waals surface area contributed by atoms with Crippen LogP contribution in [0.1, 0.15) is 22.3 Å². The van der Waals surface area contributed by atoms with Gasteiger partial charge in [0, 0.05) is 18.0 Å². The van der Waals surface area contributed by atoms with Gasteiger partial charge in [0.15, 0.2) is 4.20 Å². The first kappa shape index (κ1) is 17.4. The van der Waals surface area contributed by atoms with Crippen LogP contribution in [-0.2, 0) is 6.42 Å². The molecule has 1 atom stereocenters. The molecule has 0 saturated carbocycles. The van der Waals surface area contributed by atoms with Crippen molar-refractivity contribution in [3.8, 4) is 0 Å². The van der Waals surface area contributed by atoms with Gasteiger partial charge < -0.3 is 0 Å². The van der Waals surface area contributed by atoms with E-state index in [1.165, 1.54) is 5.56 Å². The number of rotatable bonds is 5. The van der Waals surface area contributed by atoms with E-state index in [1.807, 2.05) is 41.4 Å². The molecule has 0 aliphatic carbocycles. The molecule has 0 spiro atoms. The lowest BCUT2D eigenvalue weighted by atomic mass is 10.0. The number of hydrogen-bond acceptors (Lipinski definition) is 4. The Morgan fingerprint density at radius 1 is 1.08 bits per heavy atom. The van der Waals surface area contributed by atoms with E-state index in [0.29, 0.717) is 0 Å². The molecule has 2 aromatic rings. The fourth-order valence-corrected chi connectivity index (χ4v) is 5.14. The van der Waals surface area contributed by atoms with Crippen LogP contribution in [-0.4, -0.2) is 33.7 Å². The molecule has 3 nitrogen and oxygen atoms in total. The van der Waals surface area contributed by atoms with E-state index in [1.54, 1.807) is 23.5 Å². The maximum absolute atomic E-state index is 13.0. The monoisotopic (exact) mass is 358 g/mol. The third-order valence-electron chi connectivity index (χ3n) is 4.34. The predicted octanol–water partition coefficient (Wildman–Crippen LogP) is 4.03. The average Bonchev–Trinajstić information content (AvgIpc) is 3.01. The van der Waals surface area contributed by atoms with Gasteiger partial charge in [-0.3, -0.25) is 4.79 Å². The number of carbonyl (C=O) groups excluding carboxylic acids is 1. The number of nitrogens with zero attached hydrogens (tertiary/aromatic N) is 1. The lowest BCUT2D eigenvalue weighted by Crippen LogP contribution is -2.48. The largest absolute Gasteiger partial charge is 0.270 e. The molecule has 1 heterocycles. The number of nitrogens with one attached hydrogen (secondary N) is 1. The summed E-state index contributed by atoms with van der Waals surface area (Å²) in [7, 11) is 0. The Bertz CT molecular complexity index is 674. The van der Waals surface area contributed by atoms with Crippen LogP contribution in [0.15, 0.2) is 60.7 Å². The van der Waals surface area contributed by atoms with Crippen molar-refractivity contribution in [2.75, 3.05) is 12.5 Å². The third kappa shape index (κ3) is 3.48.